The molecule has 20 heavy (non-hydrogen) atoms. The second-order valence-corrected chi connectivity index (χ2v) is 5.48. The predicted molar refractivity (Wildman–Crippen MR) is 81.6 cm³/mol. The average molecular weight is 275 g/mol. The van der Waals surface area contributed by atoms with Crippen LogP contribution >= 0.6 is 0 Å². The van der Waals surface area contributed by atoms with E-state index in [1.807, 2.05) is 28.8 Å². The molecule has 0 saturated heterocycles. The van der Waals surface area contributed by atoms with Crippen molar-refractivity contribution in [3.8, 4) is 0 Å². The molecule has 0 aromatic carbocycles. The summed E-state index contributed by atoms with van der Waals surface area (Å²) in [6.07, 6.45) is 7.11. The summed E-state index contributed by atoms with van der Waals surface area (Å²) in [5.41, 5.74) is 2.24. The summed E-state index contributed by atoms with van der Waals surface area (Å²) in [5, 5.41) is 12.7. The molecule has 2 heterocycles. The van der Waals surface area contributed by atoms with E-state index in [0.29, 0.717) is 0 Å². The number of fused-ring (bicyclic) bond motifs is 1. The summed E-state index contributed by atoms with van der Waals surface area (Å²) in [6, 6.07) is 6.02. The minimum absolute atomic E-state index is 0.202. The van der Waals surface area contributed by atoms with Gasteiger partial charge < -0.3 is 14.8 Å². The van der Waals surface area contributed by atoms with E-state index in [1.54, 1.807) is 0 Å². The van der Waals surface area contributed by atoms with E-state index >= 15 is 0 Å². The third-order valence-corrected chi connectivity index (χ3v) is 4.36. The quantitative estimate of drug-likeness (QED) is 0.778. The van der Waals surface area contributed by atoms with Crippen molar-refractivity contribution in [1.82, 2.24) is 14.7 Å². The topological polar surface area (TPSA) is 49.6 Å². The van der Waals surface area contributed by atoms with E-state index < -0.39 is 0 Å². The SMILES string of the molecule is CCC(CC)(CCO)CNCc1cn2ccccc2n1. The molecule has 0 aliphatic rings. The second-order valence-electron chi connectivity index (χ2n) is 5.48. The average Bonchev–Trinajstić information content (AvgIpc) is 2.89. The Kier molecular flexibility index (Phi) is 5.15. The highest BCUT2D eigenvalue weighted by molar-refractivity contribution is 5.39. The molecule has 2 aromatic heterocycles. The third kappa shape index (κ3) is 3.38. The van der Waals surface area contributed by atoms with E-state index in [4.69, 9.17) is 0 Å². The van der Waals surface area contributed by atoms with Gasteiger partial charge in [0.2, 0.25) is 0 Å². The zero-order valence-corrected chi connectivity index (χ0v) is 12.5. The van der Waals surface area contributed by atoms with Gasteiger partial charge in [-0.1, -0.05) is 19.9 Å². The number of nitrogens with zero attached hydrogens (tertiary/aromatic N) is 2. The lowest BCUT2D eigenvalue weighted by Crippen LogP contribution is -2.34. The van der Waals surface area contributed by atoms with Crippen molar-refractivity contribution in [2.75, 3.05) is 13.2 Å². The number of rotatable bonds is 8. The Morgan fingerprint density at radius 3 is 2.75 bits per heavy atom. The normalized spacial score (nSPS) is 12.2. The number of hydrogen-bond donors (Lipinski definition) is 2. The van der Waals surface area contributed by atoms with Gasteiger partial charge in [-0.15, -0.1) is 0 Å². The fourth-order valence-corrected chi connectivity index (χ4v) is 2.71. The van der Waals surface area contributed by atoms with Crippen LogP contribution in [0, 0.1) is 5.41 Å². The van der Waals surface area contributed by atoms with Crippen molar-refractivity contribution in [3.63, 3.8) is 0 Å². The lowest BCUT2D eigenvalue weighted by Gasteiger charge is -2.31. The van der Waals surface area contributed by atoms with Crippen molar-refractivity contribution in [2.24, 2.45) is 5.41 Å². The van der Waals surface area contributed by atoms with Crippen LogP contribution in [-0.4, -0.2) is 27.6 Å². The first-order chi connectivity index (χ1) is 9.73. The van der Waals surface area contributed by atoms with Gasteiger partial charge in [-0.3, -0.25) is 0 Å². The molecule has 0 fully saturated rings. The summed E-state index contributed by atoms with van der Waals surface area (Å²) in [4.78, 5) is 4.58. The molecule has 110 valence electrons. The molecule has 0 spiro atoms. The summed E-state index contributed by atoms with van der Waals surface area (Å²) >= 11 is 0. The fraction of sp³-hybridized carbons (Fsp3) is 0.562. The number of aromatic nitrogens is 2. The van der Waals surface area contributed by atoms with Crippen LogP contribution in [0.2, 0.25) is 0 Å². The molecule has 4 heteroatoms. The first kappa shape index (κ1) is 15.0. The molecule has 2 aromatic rings. The highest BCUT2D eigenvalue weighted by Crippen LogP contribution is 2.29. The number of hydrogen-bond acceptors (Lipinski definition) is 3. The Bertz CT molecular complexity index is 498. The lowest BCUT2D eigenvalue weighted by molar-refractivity contribution is 0.163. The molecular formula is C16H25N3O. The van der Waals surface area contributed by atoms with Crippen LogP contribution in [-0.2, 0) is 6.54 Å². The number of aliphatic hydroxyl groups is 1. The number of aliphatic hydroxyl groups excluding tert-OH is 1. The monoisotopic (exact) mass is 275 g/mol. The van der Waals surface area contributed by atoms with E-state index in [1.165, 1.54) is 0 Å². The van der Waals surface area contributed by atoms with Gasteiger partial charge in [0.05, 0.1) is 5.69 Å². The smallest absolute Gasteiger partial charge is 0.137 e. The Morgan fingerprint density at radius 2 is 2.10 bits per heavy atom. The van der Waals surface area contributed by atoms with Crippen LogP contribution < -0.4 is 5.32 Å². The molecule has 0 aliphatic heterocycles. The summed E-state index contributed by atoms with van der Waals surface area (Å²) < 4.78 is 2.04. The Hall–Kier alpha value is -1.39. The highest BCUT2D eigenvalue weighted by atomic mass is 16.3. The summed E-state index contributed by atoms with van der Waals surface area (Å²) in [5.74, 6) is 0. The molecule has 0 aliphatic carbocycles. The van der Waals surface area contributed by atoms with Gasteiger partial charge in [0.15, 0.2) is 0 Å². The van der Waals surface area contributed by atoms with Crippen molar-refractivity contribution in [2.45, 2.75) is 39.7 Å². The molecule has 0 amide bonds. The largest absolute Gasteiger partial charge is 0.396 e. The number of pyridine rings is 1. The van der Waals surface area contributed by atoms with Crippen molar-refractivity contribution >= 4 is 5.65 Å². The van der Waals surface area contributed by atoms with Gasteiger partial charge in [-0.25, -0.2) is 4.98 Å². The van der Waals surface area contributed by atoms with Crippen LogP contribution in [0.3, 0.4) is 0 Å². The van der Waals surface area contributed by atoms with Crippen molar-refractivity contribution in [1.29, 1.82) is 0 Å². The Labute approximate surface area is 120 Å². The van der Waals surface area contributed by atoms with Gasteiger partial charge in [0.1, 0.15) is 5.65 Å². The predicted octanol–water partition coefficient (Wildman–Crippen LogP) is 2.61. The Balaban J connectivity index is 1.94. The second kappa shape index (κ2) is 6.86. The van der Waals surface area contributed by atoms with Gasteiger partial charge in [-0.2, -0.15) is 0 Å². The maximum Gasteiger partial charge on any atom is 0.137 e. The van der Waals surface area contributed by atoms with Crippen molar-refractivity contribution < 1.29 is 5.11 Å². The molecule has 0 radical (unpaired) electrons. The van der Waals surface area contributed by atoms with Gasteiger partial charge in [0.25, 0.3) is 0 Å². The first-order valence-corrected chi connectivity index (χ1v) is 7.47. The van der Waals surface area contributed by atoms with E-state index in [9.17, 15) is 5.11 Å². The highest BCUT2D eigenvalue weighted by Gasteiger charge is 2.24. The molecule has 2 rings (SSSR count). The molecule has 0 atom stereocenters. The maximum absolute atomic E-state index is 9.23. The molecule has 0 saturated carbocycles. The van der Waals surface area contributed by atoms with Gasteiger partial charge in [0, 0.05) is 32.1 Å². The first-order valence-electron chi connectivity index (χ1n) is 7.47. The van der Waals surface area contributed by atoms with Crippen LogP contribution in [0.15, 0.2) is 30.6 Å². The lowest BCUT2D eigenvalue weighted by atomic mass is 9.79. The van der Waals surface area contributed by atoms with Crippen molar-refractivity contribution in [3.05, 3.63) is 36.3 Å². The molecule has 4 nitrogen and oxygen atoms in total. The van der Waals surface area contributed by atoms with E-state index in [2.05, 4.69) is 30.3 Å². The minimum atomic E-state index is 0.202. The number of imidazole rings is 1. The summed E-state index contributed by atoms with van der Waals surface area (Å²) in [6.45, 7) is 6.36. The standard InChI is InChI=1S/C16H25N3O/c1-3-16(4-2,8-10-20)13-17-11-14-12-19-9-6-5-7-15(19)18-14/h5-7,9,12,17,20H,3-4,8,10-11,13H2,1-2H3. The van der Waals surface area contributed by atoms with Crippen LogP contribution in [0.25, 0.3) is 5.65 Å². The zero-order chi connectivity index (χ0) is 14.4. The van der Waals surface area contributed by atoms with E-state index in [0.717, 1.165) is 43.7 Å². The fourth-order valence-electron chi connectivity index (χ4n) is 2.71. The van der Waals surface area contributed by atoms with E-state index in [-0.39, 0.29) is 12.0 Å². The molecule has 2 N–H and O–H groups in total. The molecule has 0 unspecified atom stereocenters. The molecule has 0 bridgehead atoms. The number of nitrogens with one attached hydrogen (secondary N) is 1. The third-order valence-electron chi connectivity index (χ3n) is 4.36. The zero-order valence-electron chi connectivity index (χ0n) is 12.5. The Morgan fingerprint density at radius 1 is 1.30 bits per heavy atom. The maximum atomic E-state index is 9.23. The van der Waals surface area contributed by atoms with Crippen LogP contribution in [0.4, 0.5) is 0 Å². The summed E-state index contributed by atoms with van der Waals surface area (Å²) in [7, 11) is 0. The van der Waals surface area contributed by atoms with Crippen LogP contribution in [0.1, 0.15) is 38.8 Å². The van der Waals surface area contributed by atoms with Gasteiger partial charge in [-0.05, 0) is 36.8 Å². The van der Waals surface area contributed by atoms with Crippen LogP contribution in [0.5, 0.6) is 0 Å². The molecular weight excluding hydrogens is 250 g/mol. The minimum Gasteiger partial charge on any atom is -0.396 e. The van der Waals surface area contributed by atoms with Gasteiger partial charge >= 0.3 is 0 Å².